The average Bonchev–Trinajstić information content (AvgIpc) is 2.94. The van der Waals surface area contributed by atoms with Gasteiger partial charge in [-0.15, -0.1) is 0 Å². The molecule has 0 aromatic carbocycles. The van der Waals surface area contributed by atoms with Crippen molar-refractivity contribution in [2.75, 3.05) is 11.9 Å². The molecule has 0 unspecified atom stereocenters. The number of aryl methyl sites for hydroxylation is 3. The van der Waals surface area contributed by atoms with E-state index in [-0.39, 0.29) is 10.6 Å². The molecule has 0 radical (unpaired) electrons. The summed E-state index contributed by atoms with van der Waals surface area (Å²) >= 11 is 0. The lowest BCUT2D eigenvalue weighted by atomic mass is 10.3. The monoisotopic (exact) mass is 278 g/mol. The van der Waals surface area contributed by atoms with E-state index < -0.39 is 0 Å². The smallest absolute Gasteiger partial charge is 0.333 e. The fraction of sp³-hybridized carbons (Fsp3) is 0.500. The van der Waals surface area contributed by atoms with Gasteiger partial charge < -0.3 is 5.32 Å². The van der Waals surface area contributed by atoms with Gasteiger partial charge in [0, 0.05) is 39.0 Å². The molecule has 1 N–H and O–H groups in total. The molecule has 0 atom stereocenters. The number of nitrogens with zero attached hydrogens (tertiary/aromatic N) is 5. The summed E-state index contributed by atoms with van der Waals surface area (Å²) in [6.45, 7) is 2.44. The summed E-state index contributed by atoms with van der Waals surface area (Å²) in [5.74, 6) is 0.453. The molecule has 0 spiro atoms. The molecular formula is C12H18N6O2. The summed E-state index contributed by atoms with van der Waals surface area (Å²) in [7, 11) is 3.58. The maximum Gasteiger partial charge on any atom is 0.333 e. The minimum absolute atomic E-state index is 0.0695. The fourth-order valence-corrected chi connectivity index (χ4v) is 2.15. The van der Waals surface area contributed by atoms with Crippen LogP contribution in [-0.4, -0.2) is 31.0 Å². The molecule has 20 heavy (non-hydrogen) atoms. The van der Waals surface area contributed by atoms with Crippen LogP contribution in [0.3, 0.4) is 0 Å². The number of rotatable bonds is 6. The van der Waals surface area contributed by atoms with Crippen molar-refractivity contribution < 1.29 is 4.92 Å². The molecule has 0 aliphatic rings. The van der Waals surface area contributed by atoms with Crippen molar-refractivity contribution in [1.82, 2.24) is 19.6 Å². The minimum Gasteiger partial charge on any atom is -0.364 e. The van der Waals surface area contributed by atoms with Crippen molar-refractivity contribution in [2.24, 2.45) is 14.1 Å². The van der Waals surface area contributed by atoms with Crippen molar-refractivity contribution in [3.63, 3.8) is 0 Å². The molecule has 8 heteroatoms. The zero-order valence-corrected chi connectivity index (χ0v) is 11.8. The van der Waals surface area contributed by atoms with E-state index in [2.05, 4.69) is 15.5 Å². The Morgan fingerprint density at radius 3 is 2.70 bits per heavy atom. The van der Waals surface area contributed by atoms with Gasteiger partial charge in [-0.1, -0.05) is 6.92 Å². The molecule has 2 heterocycles. The van der Waals surface area contributed by atoms with Crippen LogP contribution in [0.1, 0.15) is 18.3 Å². The maximum atomic E-state index is 11.2. The first-order valence-electron chi connectivity index (χ1n) is 6.45. The number of hydrogen-bond acceptors (Lipinski definition) is 5. The van der Waals surface area contributed by atoms with Crippen molar-refractivity contribution in [2.45, 2.75) is 19.8 Å². The molecule has 0 aliphatic carbocycles. The average molecular weight is 278 g/mol. The first-order valence-corrected chi connectivity index (χ1v) is 6.45. The van der Waals surface area contributed by atoms with E-state index in [1.807, 2.05) is 20.0 Å². The third-order valence-electron chi connectivity index (χ3n) is 3.21. The van der Waals surface area contributed by atoms with Crippen LogP contribution in [0.5, 0.6) is 0 Å². The molecule has 2 aromatic rings. The largest absolute Gasteiger partial charge is 0.364 e. The SMILES string of the molecule is CCc1nn(C)c(NCCc2ccnn2C)c1[N+](=O)[O-]. The zero-order valence-electron chi connectivity index (χ0n) is 11.8. The Kier molecular flexibility index (Phi) is 4.02. The van der Waals surface area contributed by atoms with Gasteiger partial charge in [-0.25, -0.2) is 4.68 Å². The van der Waals surface area contributed by atoms with E-state index in [0.29, 0.717) is 24.5 Å². The van der Waals surface area contributed by atoms with E-state index in [4.69, 9.17) is 0 Å². The van der Waals surface area contributed by atoms with Gasteiger partial charge in [0.05, 0.1) is 4.92 Å². The third-order valence-corrected chi connectivity index (χ3v) is 3.21. The second-order valence-corrected chi connectivity index (χ2v) is 4.50. The minimum atomic E-state index is -0.377. The normalized spacial score (nSPS) is 10.8. The first-order chi connectivity index (χ1) is 9.54. The van der Waals surface area contributed by atoms with Gasteiger partial charge in [0.1, 0.15) is 5.69 Å². The number of nitrogens with one attached hydrogen (secondary N) is 1. The Hall–Kier alpha value is -2.38. The molecule has 0 aliphatic heterocycles. The molecule has 8 nitrogen and oxygen atoms in total. The van der Waals surface area contributed by atoms with Crippen LogP contribution in [0.4, 0.5) is 11.5 Å². The quantitative estimate of drug-likeness (QED) is 0.635. The second kappa shape index (κ2) is 5.72. The van der Waals surface area contributed by atoms with E-state index >= 15 is 0 Å². The summed E-state index contributed by atoms with van der Waals surface area (Å²) in [4.78, 5) is 10.8. The molecule has 0 amide bonds. The van der Waals surface area contributed by atoms with Crippen molar-refractivity contribution in [3.05, 3.63) is 33.8 Å². The van der Waals surface area contributed by atoms with Crippen LogP contribution in [-0.2, 0) is 26.9 Å². The third kappa shape index (κ3) is 2.63. The van der Waals surface area contributed by atoms with Gasteiger partial charge in [-0.2, -0.15) is 10.2 Å². The van der Waals surface area contributed by atoms with Crippen molar-refractivity contribution in [1.29, 1.82) is 0 Å². The second-order valence-electron chi connectivity index (χ2n) is 4.50. The molecular weight excluding hydrogens is 260 g/mol. The van der Waals surface area contributed by atoms with Gasteiger partial charge in [-0.05, 0) is 12.5 Å². The highest BCUT2D eigenvalue weighted by atomic mass is 16.6. The molecule has 108 valence electrons. The Labute approximate surface area is 116 Å². The van der Waals surface area contributed by atoms with Crippen molar-refractivity contribution in [3.8, 4) is 0 Å². The highest BCUT2D eigenvalue weighted by Gasteiger charge is 2.25. The van der Waals surface area contributed by atoms with Gasteiger partial charge >= 0.3 is 5.69 Å². The summed E-state index contributed by atoms with van der Waals surface area (Å²) in [6, 6.07) is 1.93. The van der Waals surface area contributed by atoms with E-state index in [9.17, 15) is 10.1 Å². The number of nitro groups is 1. The number of aromatic nitrogens is 4. The first kappa shape index (κ1) is 14.0. The summed E-state index contributed by atoms with van der Waals surface area (Å²) in [6.07, 6.45) is 3.00. The Bertz CT molecular complexity index is 615. The van der Waals surface area contributed by atoms with Crippen molar-refractivity contribution >= 4 is 11.5 Å². The molecule has 0 saturated heterocycles. The number of hydrogen-bond donors (Lipinski definition) is 1. The lowest BCUT2D eigenvalue weighted by molar-refractivity contribution is -0.384. The van der Waals surface area contributed by atoms with Crippen LogP contribution in [0.25, 0.3) is 0 Å². The standard InChI is InChI=1S/C12H18N6O2/c1-4-10-11(18(19)20)12(17(3)15-10)13-7-5-9-6-8-14-16(9)2/h6,8,13H,4-5,7H2,1-3H3. The summed E-state index contributed by atoms with van der Waals surface area (Å²) < 4.78 is 3.32. The molecule has 2 aromatic heterocycles. The Morgan fingerprint density at radius 2 is 2.15 bits per heavy atom. The predicted molar refractivity (Wildman–Crippen MR) is 74.6 cm³/mol. The molecule has 0 fully saturated rings. The fourth-order valence-electron chi connectivity index (χ4n) is 2.15. The molecule has 2 rings (SSSR count). The van der Waals surface area contributed by atoms with Crippen LogP contribution in [0, 0.1) is 10.1 Å². The van der Waals surface area contributed by atoms with E-state index in [0.717, 1.165) is 12.1 Å². The Balaban J connectivity index is 2.11. The molecule has 0 saturated carbocycles. The van der Waals surface area contributed by atoms with Gasteiger partial charge in [0.25, 0.3) is 0 Å². The topological polar surface area (TPSA) is 90.8 Å². The van der Waals surface area contributed by atoms with Crippen LogP contribution >= 0.6 is 0 Å². The Morgan fingerprint density at radius 1 is 1.40 bits per heavy atom. The summed E-state index contributed by atoms with van der Waals surface area (Å²) in [5, 5.41) is 22.5. The van der Waals surface area contributed by atoms with Crippen LogP contribution in [0.2, 0.25) is 0 Å². The molecule has 0 bridgehead atoms. The zero-order chi connectivity index (χ0) is 14.7. The maximum absolute atomic E-state index is 11.2. The lowest BCUT2D eigenvalue weighted by Crippen LogP contribution is -2.11. The van der Waals surface area contributed by atoms with Crippen LogP contribution < -0.4 is 5.32 Å². The van der Waals surface area contributed by atoms with Gasteiger partial charge in [0.15, 0.2) is 0 Å². The number of anilines is 1. The van der Waals surface area contributed by atoms with E-state index in [1.54, 1.807) is 17.9 Å². The van der Waals surface area contributed by atoms with Gasteiger partial charge in [-0.3, -0.25) is 14.8 Å². The van der Waals surface area contributed by atoms with Crippen LogP contribution in [0.15, 0.2) is 12.3 Å². The highest BCUT2D eigenvalue weighted by Crippen LogP contribution is 2.28. The van der Waals surface area contributed by atoms with Gasteiger partial charge in [0.2, 0.25) is 5.82 Å². The lowest BCUT2D eigenvalue weighted by Gasteiger charge is -2.06. The summed E-state index contributed by atoms with van der Waals surface area (Å²) in [5.41, 5.74) is 1.64. The highest BCUT2D eigenvalue weighted by molar-refractivity contribution is 5.59. The van der Waals surface area contributed by atoms with E-state index in [1.165, 1.54) is 4.68 Å². The predicted octanol–water partition coefficient (Wildman–Crippen LogP) is 1.28.